The summed E-state index contributed by atoms with van der Waals surface area (Å²) >= 11 is 2.80. The first-order chi connectivity index (χ1) is 13.0. The normalized spacial score (nSPS) is 10.4. The maximum absolute atomic E-state index is 13.0. The number of carbonyl (C=O) groups excluding carboxylic acids is 1. The minimum Gasteiger partial charge on any atom is -0.312 e. The monoisotopic (exact) mass is 397 g/mol. The number of aromatic nitrogens is 1. The predicted molar refractivity (Wildman–Crippen MR) is 107 cm³/mol. The first kappa shape index (κ1) is 19.1. The fraction of sp³-hybridized carbons (Fsp3) is 0.150. The number of nitriles is 1. The van der Waals surface area contributed by atoms with Crippen LogP contribution in [-0.4, -0.2) is 10.9 Å². The molecule has 0 bridgehead atoms. The van der Waals surface area contributed by atoms with Gasteiger partial charge in [-0.1, -0.05) is 12.1 Å². The number of aryl methyl sites for hydroxylation is 1. The van der Waals surface area contributed by atoms with Gasteiger partial charge in [-0.25, -0.2) is 9.37 Å². The lowest BCUT2D eigenvalue weighted by atomic mass is 10.2. The summed E-state index contributed by atoms with van der Waals surface area (Å²) in [7, 11) is 0. The van der Waals surface area contributed by atoms with Crippen LogP contribution in [-0.2, 0) is 5.75 Å². The number of amides is 1. The Labute approximate surface area is 165 Å². The van der Waals surface area contributed by atoms with E-state index in [1.807, 2.05) is 13.8 Å². The van der Waals surface area contributed by atoms with Crippen LogP contribution < -0.4 is 5.32 Å². The second-order valence-electron chi connectivity index (χ2n) is 5.82. The van der Waals surface area contributed by atoms with Crippen molar-refractivity contribution in [3.63, 3.8) is 0 Å². The van der Waals surface area contributed by atoms with Gasteiger partial charge in [0.1, 0.15) is 21.9 Å². The van der Waals surface area contributed by atoms with E-state index in [1.165, 1.54) is 35.2 Å². The fourth-order valence-electron chi connectivity index (χ4n) is 2.43. The molecule has 2 heterocycles. The van der Waals surface area contributed by atoms with Crippen molar-refractivity contribution in [2.45, 2.75) is 24.6 Å². The van der Waals surface area contributed by atoms with Gasteiger partial charge in [0.15, 0.2) is 0 Å². The van der Waals surface area contributed by atoms with Crippen LogP contribution >= 0.6 is 23.1 Å². The molecule has 3 aromatic rings. The van der Waals surface area contributed by atoms with Gasteiger partial charge in [0.2, 0.25) is 0 Å². The first-order valence-electron chi connectivity index (χ1n) is 8.13. The van der Waals surface area contributed by atoms with E-state index in [1.54, 1.807) is 30.5 Å². The molecule has 136 valence electrons. The minimum atomic E-state index is -0.303. The highest BCUT2D eigenvalue weighted by Crippen LogP contribution is 2.32. The zero-order chi connectivity index (χ0) is 19.4. The molecule has 0 aliphatic heterocycles. The highest BCUT2D eigenvalue weighted by molar-refractivity contribution is 7.98. The Kier molecular flexibility index (Phi) is 5.89. The van der Waals surface area contributed by atoms with E-state index in [0.29, 0.717) is 26.9 Å². The highest BCUT2D eigenvalue weighted by Gasteiger charge is 2.18. The zero-order valence-corrected chi connectivity index (χ0v) is 16.4. The Bertz CT molecular complexity index is 1020. The van der Waals surface area contributed by atoms with Crippen molar-refractivity contribution in [1.82, 2.24) is 4.98 Å². The van der Waals surface area contributed by atoms with Gasteiger partial charge in [-0.2, -0.15) is 5.26 Å². The van der Waals surface area contributed by atoms with Crippen LogP contribution in [0.5, 0.6) is 0 Å². The number of carbonyl (C=O) groups is 1. The summed E-state index contributed by atoms with van der Waals surface area (Å²) in [4.78, 5) is 18.1. The molecule has 1 N–H and O–H groups in total. The molecule has 7 heteroatoms. The highest BCUT2D eigenvalue weighted by atomic mass is 32.2. The van der Waals surface area contributed by atoms with Crippen molar-refractivity contribution in [1.29, 1.82) is 5.26 Å². The molecule has 2 aromatic heterocycles. The number of thiophene rings is 1. The average Bonchev–Trinajstić information content (AvgIpc) is 2.94. The molecule has 0 unspecified atom stereocenters. The van der Waals surface area contributed by atoms with Crippen LogP contribution in [0.15, 0.2) is 47.6 Å². The van der Waals surface area contributed by atoms with Crippen LogP contribution in [0.1, 0.15) is 31.9 Å². The molecule has 4 nitrogen and oxygen atoms in total. The molecule has 0 saturated heterocycles. The number of rotatable bonds is 5. The van der Waals surface area contributed by atoms with E-state index >= 15 is 0 Å². The van der Waals surface area contributed by atoms with Crippen LogP contribution in [0.25, 0.3) is 0 Å². The van der Waals surface area contributed by atoms with Crippen molar-refractivity contribution in [3.05, 3.63) is 75.5 Å². The second kappa shape index (κ2) is 8.33. The van der Waals surface area contributed by atoms with Crippen LogP contribution in [0, 0.1) is 31.0 Å². The molecule has 0 aliphatic rings. The third-order valence-corrected chi connectivity index (χ3v) is 6.23. The summed E-state index contributed by atoms with van der Waals surface area (Å²) in [5, 5.41) is 13.3. The number of pyridine rings is 1. The van der Waals surface area contributed by atoms with Crippen molar-refractivity contribution in [3.8, 4) is 6.07 Å². The third-order valence-electron chi connectivity index (χ3n) is 4.03. The lowest BCUT2D eigenvalue weighted by Crippen LogP contribution is -2.13. The Morgan fingerprint density at radius 3 is 2.74 bits per heavy atom. The molecule has 3 rings (SSSR count). The van der Waals surface area contributed by atoms with Gasteiger partial charge in [0.25, 0.3) is 5.91 Å². The molecular weight excluding hydrogens is 381 g/mol. The van der Waals surface area contributed by atoms with Gasteiger partial charge in [-0.15, -0.1) is 23.1 Å². The number of nitrogens with one attached hydrogen (secondary N) is 1. The molecule has 0 saturated carbocycles. The summed E-state index contributed by atoms with van der Waals surface area (Å²) in [6.07, 6.45) is 1.63. The number of halogens is 1. The van der Waals surface area contributed by atoms with Crippen molar-refractivity contribution in [2.24, 2.45) is 0 Å². The summed E-state index contributed by atoms with van der Waals surface area (Å²) in [5.74, 6) is -0.0166. The summed E-state index contributed by atoms with van der Waals surface area (Å²) in [5.41, 5.74) is 2.76. The van der Waals surface area contributed by atoms with Gasteiger partial charge in [0, 0.05) is 16.8 Å². The number of thioether (sulfide) groups is 1. The Morgan fingerprint density at radius 2 is 2.04 bits per heavy atom. The standard InChI is InChI=1S/C20H16FN3OS2/c1-12-13(2)27-20(17(12)10-22)24-18(25)16-4-3-9-23-19(16)26-11-14-5-7-15(21)8-6-14/h3-9H,11H2,1-2H3,(H,24,25). The zero-order valence-electron chi connectivity index (χ0n) is 14.7. The van der Waals surface area contributed by atoms with Crippen molar-refractivity contribution >= 4 is 34.0 Å². The quantitative estimate of drug-likeness (QED) is 0.592. The molecular formula is C20H16FN3OS2. The molecule has 0 atom stereocenters. The molecule has 1 amide bonds. The summed E-state index contributed by atoms with van der Waals surface area (Å²) in [6, 6.07) is 11.8. The lowest BCUT2D eigenvalue weighted by Gasteiger charge is -2.08. The average molecular weight is 398 g/mol. The molecule has 0 fully saturated rings. The van der Waals surface area contributed by atoms with Crippen molar-refractivity contribution < 1.29 is 9.18 Å². The molecule has 0 aliphatic carbocycles. The maximum atomic E-state index is 13.0. The number of nitrogens with zero attached hydrogens (tertiary/aromatic N) is 2. The van der Waals surface area contributed by atoms with Crippen LogP contribution in [0.3, 0.4) is 0 Å². The van der Waals surface area contributed by atoms with Crippen LogP contribution in [0.4, 0.5) is 9.39 Å². The maximum Gasteiger partial charge on any atom is 0.259 e. The number of benzene rings is 1. The Balaban J connectivity index is 1.79. The number of anilines is 1. The molecule has 27 heavy (non-hydrogen) atoms. The molecule has 0 radical (unpaired) electrons. The topological polar surface area (TPSA) is 65.8 Å². The van der Waals surface area contributed by atoms with E-state index in [9.17, 15) is 14.4 Å². The SMILES string of the molecule is Cc1sc(NC(=O)c2cccnc2SCc2ccc(F)cc2)c(C#N)c1C. The Morgan fingerprint density at radius 1 is 1.30 bits per heavy atom. The lowest BCUT2D eigenvalue weighted by molar-refractivity contribution is 0.102. The van der Waals surface area contributed by atoms with Crippen molar-refractivity contribution in [2.75, 3.05) is 5.32 Å². The summed E-state index contributed by atoms with van der Waals surface area (Å²) < 4.78 is 13.0. The summed E-state index contributed by atoms with van der Waals surface area (Å²) in [6.45, 7) is 3.79. The Hall–Kier alpha value is -2.69. The van der Waals surface area contributed by atoms with E-state index in [0.717, 1.165) is 16.0 Å². The largest absolute Gasteiger partial charge is 0.312 e. The van der Waals surface area contributed by atoms with Gasteiger partial charge in [-0.05, 0) is 49.2 Å². The van der Waals surface area contributed by atoms with Gasteiger partial charge in [-0.3, -0.25) is 4.79 Å². The fourth-order valence-corrected chi connectivity index (χ4v) is 4.38. The van der Waals surface area contributed by atoms with E-state index in [-0.39, 0.29) is 11.7 Å². The van der Waals surface area contributed by atoms with Crippen LogP contribution in [0.2, 0.25) is 0 Å². The third kappa shape index (κ3) is 4.35. The number of hydrogen-bond donors (Lipinski definition) is 1. The first-order valence-corrected chi connectivity index (χ1v) is 9.93. The number of hydrogen-bond acceptors (Lipinski definition) is 5. The van der Waals surface area contributed by atoms with Gasteiger partial charge >= 0.3 is 0 Å². The van der Waals surface area contributed by atoms with E-state index in [4.69, 9.17) is 0 Å². The molecule has 1 aromatic carbocycles. The molecule has 0 spiro atoms. The van der Waals surface area contributed by atoms with E-state index in [2.05, 4.69) is 16.4 Å². The minimum absolute atomic E-state index is 0.281. The predicted octanol–water partition coefficient (Wildman–Crippen LogP) is 5.32. The smallest absolute Gasteiger partial charge is 0.259 e. The second-order valence-corrected chi connectivity index (χ2v) is 8.01. The van der Waals surface area contributed by atoms with Gasteiger partial charge < -0.3 is 5.32 Å². The van der Waals surface area contributed by atoms with E-state index < -0.39 is 0 Å². The van der Waals surface area contributed by atoms with Gasteiger partial charge in [0.05, 0.1) is 11.1 Å².